The van der Waals surface area contributed by atoms with E-state index in [1.165, 1.54) is 7.05 Å². The van der Waals surface area contributed by atoms with Gasteiger partial charge in [0.15, 0.2) is 4.91 Å². The standard InChI is InChI=1S/C24H20Cl2N2O3S/c1-28-21-12-11-19(26)15-20(21)22(17-5-3-2-4-6-17)23(32(28,30)31)24(29)27-14-13-16-7-9-18(25)10-8-16/h2-12,15H,13-14H2,1H3,(H,27,29). The van der Waals surface area contributed by atoms with E-state index in [2.05, 4.69) is 5.32 Å². The first-order chi connectivity index (χ1) is 15.3. The van der Waals surface area contributed by atoms with Gasteiger partial charge in [0.05, 0.1) is 5.69 Å². The van der Waals surface area contributed by atoms with Crippen molar-refractivity contribution in [2.75, 3.05) is 17.9 Å². The number of anilines is 1. The van der Waals surface area contributed by atoms with Gasteiger partial charge in [-0.05, 0) is 47.9 Å². The maximum absolute atomic E-state index is 13.4. The Morgan fingerprint density at radius 1 is 0.938 bits per heavy atom. The lowest BCUT2D eigenvalue weighted by Gasteiger charge is -2.31. The van der Waals surface area contributed by atoms with Crippen molar-refractivity contribution in [3.63, 3.8) is 0 Å². The molecule has 3 aromatic rings. The van der Waals surface area contributed by atoms with E-state index in [9.17, 15) is 13.2 Å². The van der Waals surface area contributed by atoms with E-state index >= 15 is 0 Å². The molecule has 0 bridgehead atoms. The zero-order valence-electron chi connectivity index (χ0n) is 17.2. The summed E-state index contributed by atoms with van der Waals surface area (Å²) in [6.07, 6.45) is 0.537. The molecule has 1 aliphatic rings. The number of hydrogen-bond acceptors (Lipinski definition) is 3. The predicted octanol–water partition coefficient (Wildman–Crippen LogP) is 4.89. The summed E-state index contributed by atoms with van der Waals surface area (Å²) in [7, 11) is -2.65. The molecule has 1 heterocycles. The quantitative estimate of drug-likeness (QED) is 0.557. The minimum absolute atomic E-state index is 0.272. The molecule has 1 aliphatic heterocycles. The number of halogens is 2. The summed E-state index contributed by atoms with van der Waals surface area (Å²) >= 11 is 12.2. The van der Waals surface area contributed by atoms with E-state index < -0.39 is 15.9 Å². The number of fused-ring (bicyclic) bond motifs is 1. The minimum atomic E-state index is -4.09. The van der Waals surface area contributed by atoms with Crippen LogP contribution in [-0.2, 0) is 21.2 Å². The van der Waals surface area contributed by atoms with Crippen molar-refractivity contribution in [3.05, 3.63) is 104 Å². The highest BCUT2D eigenvalue weighted by Gasteiger charge is 2.39. The molecule has 32 heavy (non-hydrogen) atoms. The highest BCUT2D eigenvalue weighted by atomic mass is 35.5. The van der Waals surface area contributed by atoms with Crippen molar-refractivity contribution in [2.45, 2.75) is 6.42 Å². The van der Waals surface area contributed by atoms with Crippen molar-refractivity contribution in [1.29, 1.82) is 0 Å². The van der Waals surface area contributed by atoms with Gasteiger partial charge in [0.25, 0.3) is 15.9 Å². The molecule has 0 atom stereocenters. The Labute approximate surface area is 197 Å². The largest absolute Gasteiger partial charge is 0.351 e. The maximum atomic E-state index is 13.4. The number of benzene rings is 3. The molecule has 5 nitrogen and oxygen atoms in total. The van der Waals surface area contributed by atoms with Crippen LogP contribution >= 0.6 is 23.2 Å². The zero-order chi connectivity index (χ0) is 22.9. The topological polar surface area (TPSA) is 66.5 Å². The summed E-state index contributed by atoms with van der Waals surface area (Å²) in [5.74, 6) is -0.657. The van der Waals surface area contributed by atoms with Crippen molar-refractivity contribution in [1.82, 2.24) is 5.32 Å². The lowest BCUT2D eigenvalue weighted by molar-refractivity contribution is -0.116. The zero-order valence-corrected chi connectivity index (χ0v) is 19.5. The third kappa shape index (κ3) is 4.26. The Morgan fingerprint density at radius 3 is 2.28 bits per heavy atom. The molecule has 4 rings (SSSR count). The molecule has 1 amide bonds. The van der Waals surface area contributed by atoms with Crippen LogP contribution in [0, 0.1) is 0 Å². The van der Waals surface area contributed by atoms with Crippen LogP contribution in [-0.4, -0.2) is 27.9 Å². The molecule has 8 heteroatoms. The van der Waals surface area contributed by atoms with Gasteiger partial charge < -0.3 is 5.32 Å². The summed E-state index contributed by atoms with van der Waals surface area (Å²) in [6.45, 7) is 0.272. The SMILES string of the molecule is CN1c2ccc(Cl)cc2C(c2ccccc2)=C(C(=O)NCCc2ccc(Cl)cc2)S1(=O)=O. The molecule has 164 valence electrons. The Morgan fingerprint density at radius 2 is 1.59 bits per heavy atom. The smallest absolute Gasteiger partial charge is 0.270 e. The molecule has 0 aliphatic carbocycles. The lowest BCUT2D eigenvalue weighted by atomic mass is 9.95. The van der Waals surface area contributed by atoms with Crippen LogP contribution in [0.15, 0.2) is 77.7 Å². The van der Waals surface area contributed by atoms with E-state index in [-0.39, 0.29) is 11.4 Å². The summed E-state index contributed by atoms with van der Waals surface area (Å²) in [5.41, 5.74) is 2.99. The molecule has 0 saturated heterocycles. The molecule has 1 N–H and O–H groups in total. The minimum Gasteiger partial charge on any atom is -0.351 e. The Balaban J connectivity index is 1.77. The van der Waals surface area contributed by atoms with Crippen molar-refractivity contribution >= 4 is 50.4 Å². The molecule has 0 spiro atoms. The van der Waals surface area contributed by atoms with Crippen LogP contribution in [0.5, 0.6) is 0 Å². The van der Waals surface area contributed by atoms with E-state index in [0.29, 0.717) is 38.9 Å². The highest BCUT2D eigenvalue weighted by molar-refractivity contribution is 7.97. The second-order valence-corrected chi connectivity index (χ2v) is 10.1. The first-order valence-corrected chi connectivity index (χ1v) is 12.1. The van der Waals surface area contributed by atoms with Gasteiger partial charge in [-0.3, -0.25) is 9.10 Å². The van der Waals surface area contributed by atoms with Crippen LogP contribution in [0.2, 0.25) is 10.0 Å². The number of hydrogen-bond donors (Lipinski definition) is 1. The summed E-state index contributed by atoms with van der Waals surface area (Å²) in [6, 6.07) is 21.2. The first-order valence-electron chi connectivity index (χ1n) is 9.90. The number of sulfonamides is 1. The third-order valence-electron chi connectivity index (χ3n) is 5.29. The number of rotatable bonds is 5. The fraction of sp³-hybridized carbons (Fsp3) is 0.125. The molecule has 3 aromatic carbocycles. The number of nitrogens with zero attached hydrogens (tertiary/aromatic N) is 1. The average molecular weight is 487 g/mol. The van der Waals surface area contributed by atoms with Gasteiger partial charge >= 0.3 is 0 Å². The second kappa shape index (κ2) is 8.98. The van der Waals surface area contributed by atoms with E-state index in [1.54, 1.807) is 54.6 Å². The number of nitrogens with one attached hydrogen (secondary N) is 1. The van der Waals surface area contributed by atoms with Gasteiger partial charge in [-0.15, -0.1) is 0 Å². The van der Waals surface area contributed by atoms with Crippen LogP contribution in [0.1, 0.15) is 16.7 Å². The summed E-state index contributed by atoms with van der Waals surface area (Å²) < 4.78 is 28.0. The fourth-order valence-corrected chi connectivity index (χ4v) is 5.46. The van der Waals surface area contributed by atoms with Crippen LogP contribution in [0.4, 0.5) is 5.69 Å². The van der Waals surface area contributed by atoms with Crippen molar-refractivity contribution in [3.8, 4) is 0 Å². The number of amides is 1. The van der Waals surface area contributed by atoms with E-state index in [4.69, 9.17) is 23.2 Å². The molecule has 0 aromatic heterocycles. The first kappa shape index (κ1) is 22.4. The molecular formula is C24H20Cl2N2O3S. The van der Waals surface area contributed by atoms with Crippen LogP contribution < -0.4 is 9.62 Å². The lowest BCUT2D eigenvalue weighted by Crippen LogP contribution is -2.40. The number of carbonyl (C=O) groups is 1. The third-order valence-corrected chi connectivity index (χ3v) is 7.60. The molecule has 0 saturated carbocycles. The van der Waals surface area contributed by atoms with Gasteiger partial charge in [0.2, 0.25) is 0 Å². The Kier molecular flexibility index (Phi) is 6.29. The average Bonchev–Trinajstić information content (AvgIpc) is 2.78. The van der Waals surface area contributed by atoms with Gasteiger partial charge in [0.1, 0.15) is 0 Å². The van der Waals surface area contributed by atoms with E-state index in [0.717, 1.165) is 9.87 Å². The molecular weight excluding hydrogens is 467 g/mol. The van der Waals surface area contributed by atoms with Gasteiger partial charge in [-0.1, -0.05) is 65.7 Å². The summed E-state index contributed by atoms with van der Waals surface area (Å²) in [5, 5.41) is 3.85. The monoisotopic (exact) mass is 486 g/mol. The van der Waals surface area contributed by atoms with Gasteiger partial charge in [-0.2, -0.15) is 0 Å². The Hall–Kier alpha value is -2.80. The molecule has 0 unspecified atom stereocenters. The molecule has 0 fully saturated rings. The second-order valence-electron chi connectivity index (χ2n) is 7.34. The summed E-state index contributed by atoms with van der Waals surface area (Å²) in [4.78, 5) is 13.0. The maximum Gasteiger partial charge on any atom is 0.270 e. The fourth-order valence-electron chi connectivity index (χ4n) is 3.67. The van der Waals surface area contributed by atoms with E-state index in [1.807, 2.05) is 18.2 Å². The predicted molar refractivity (Wildman–Crippen MR) is 129 cm³/mol. The van der Waals surface area contributed by atoms with Crippen LogP contribution in [0.25, 0.3) is 5.57 Å². The normalized spacial score (nSPS) is 14.8. The van der Waals surface area contributed by atoms with Crippen LogP contribution in [0.3, 0.4) is 0 Å². The van der Waals surface area contributed by atoms with Gasteiger partial charge in [-0.25, -0.2) is 8.42 Å². The molecule has 0 radical (unpaired) electrons. The van der Waals surface area contributed by atoms with Crippen molar-refractivity contribution in [2.24, 2.45) is 0 Å². The Bertz CT molecular complexity index is 1300. The van der Waals surface area contributed by atoms with Crippen molar-refractivity contribution < 1.29 is 13.2 Å². The number of carbonyl (C=O) groups excluding carboxylic acids is 1. The van der Waals surface area contributed by atoms with Gasteiger partial charge in [0, 0.05) is 34.8 Å². The highest BCUT2D eigenvalue weighted by Crippen LogP contribution is 2.43.